The number of hydrogen-bond donors (Lipinski definition) is 1. The second-order valence-electron chi connectivity index (χ2n) is 7.85. The van der Waals surface area contributed by atoms with Gasteiger partial charge >= 0.3 is 0 Å². The van der Waals surface area contributed by atoms with Gasteiger partial charge in [-0.25, -0.2) is 4.98 Å². The van der Waals surface area contributed by atoms with E-state index in [-0.39, 0.29) is 17.7 Å². The quantitative estimate of drug-likeness (QED) is 0.525. The van der Waals surface area contributed by atoms with E-state index >= 15 is 0 Å². The summed E-state index contributed by atoms with van der Waals surface area (Å²) in [5.41, 5.74) is 2.58. The summed E-state index contributed by atoms with van der Waals surface area (Å²) in [6.45, 7) is 1.89. The van der Waals surface area contributed by atoms with Crippen LogP contribution in [0.4, 0.5) is 0 Å². The van der Waals surface area contributed by atoms with Gasteiger partial charge in [-0.15, -0.1) is 11.3 Å². The topological polar surface area (TPSA) is 71.6 Å². The van der Waals surface area contributed by atoms with Crippen molar-refractivity contribution in [3.05, 3.63) is 82.2 Å². The first-order valence-electron chi connectivity index (χ1n) is 10.3. The Balaban J connectivity index is 1.20. The smallest absolute Gasteiger partial charge is 0.270 e. The molecule has 1 unspecified atom stereocenters. The molecule has 1 aliphatic heterocycles. The SMILES string of the molecule is Cn1cccc1C(=O)N1CCC(c2ccc(C(=O)NCc3ccn4ccnc4c3)s2)C1. The molecule has 4 aromatic rings. The van der Waals surface area contributed by atoms with Crippen molar-refractivity contribution < 1.29 is 9.59 Å². The van der Waals surface area contributed by atoms with Gasteiger partial charge in [-0.3, -0.25) is 9.59 Å². The van der Waals surface area contributed by atoms with Crippen molar-refractivity contribution in [1.29, 1.82) is 0 Å². The molecule has 0 radical (unpaired) electrons. The molecule has 2 amide bonds. The third kappa shape index (κ3) is 3.86. The number of nitrogens with one attached hydrogen (secondary N) is 1. The van der Waals surface area contributed by atoms with Gasteiger partial charge in [0.2, 0.25) is 0 Å². The summed E-state index contributed by atoms with van der Waals surface area (Å²) >= 11 is 1.52. The Bertz CT molecular complexity index is 1250. The maximum absolute atomic E-state index is 12.7. The van der Waals surface area contributed by atoms with Crippen LogP contribution in [-0.4, -0.2) is 43.8 Å². The summed E-state index contributed by atoms with van der Waals surface area (Å²) in [6.07, 6.45) is 8.39. The molecule has 158 valence electrons. The number of carbonyl (C=O) groups is 2. The largest absolute Gasteiger partial charge is 0.347 e. The van der Waals surface area contributed by atoms with E-state index in [2.05, 4.69) is 10.3 Å². The second-order valence-corrected chi connectivity index (χ2v) is 8.97. The Morgan fingerprint density at radius 2 is 2.10 bits per heavy atom. The average molecular weight is 434 g/mol. The third-order valence-corrected chi connectivity index (χ3v) is 7.05. The lowest BCUT2D eigenvalue weighted by molar-refractivity contribution is 0.0781. The predicted octanol–water partition coefficient (Wildman–Crippen LogP) is 3.29. The molecule has 1 atom stereocenters. The number of rotatable bonds is 5. The van der Waals surface area contributed by atoms with Crippen LogP contribution in [0.15, 0.2) is 61.2 Å². The normalized spacial score (nSPS) is 16.2. The zero-order chi connectivity index (χ0) is 21.4. The van der Waals surface area contributed by atoms with Crippen LogP contribution in [0.25, 0.3) is 5.65 Å². The Kier molecular flexibility index (Phi) is 5.07. The number of likely N-dealkylation sites (tertiary alicyclic amines) is 1. The Labute approximate surface area is 183 Å². The molecule has 5 heterocycles. The van der Waals surface area contributed by atoms with Crippen molar-refractivity contribution in [2.45, 2.75) is 18.9 Å². The number of nitrogens with zero attached hydrogens (tertiary/aromatic N) is 4. The number of pyridine rings is 1. The van der Waals surface area contributed by atoms with Crippen LogP contribution < -0.4 is 5.32 Å². The molecule has 1 aliphatic rings. The van der Waals surface area contributed by atoms with Crippen molar-refractivity contribution in [1.82, 2.24) is 24.2 Å². The van der Waals surface area contributed by atoms with Gasteiger partial charge in [0.1, 0.15) is 11.3 Å². The highest BCUT2D eigenvalue weighted by Crippen LogP contribution is 2.33. The van der Waals surface area contributed by atoms with E-state index in [1.807, 2.05) is 75.9 Å². The number of thiophene rings is 1. The molecule has 5 rings (SSSR count). The summed E-state index contributed by atoms with van der Waals surface area (Å²) in [5, 5.41) is 2.99. The van der Waals surface area contributed by atoms with E-state index < -0.39 is 0 Å². The maximum Gasteiger partial charge on any atom is 0.270 e. The number of carbonyl (C=O) groups excluding carboxylic acids is 2. The van der Waals surface area contributed by atoms with E-state index in [1.165, 1.54) is 11.3 Å². The first kappa shape index (κ1) is 19.6. The van der Waals surface area contributed by atoms with Gasteiger partial charge in [0.15, 0.2) is 0 Å². The number of imidazole rings is 1. The zero-order valence-electron chi connectivity index (χ0n) is 17.2. The first-order chi connectivity index (χ1) is 15.1. The third-order valence-electron chi connectivity index (χ3n) is 5.81. The lowest BCUT2D eigenvalue weighted by Gasteiger charge is -2.16. The number of amides is 2. The van der Waals surface area contributed by atoms with E-state index in [0.717, 1.165) is 29.1 Å². The van der Waals surface area contributed by atoms with Crippen molar-refractivity contribution in [3.8, 4) is 0 Å². The first-order valence-corrected chi connectivity index (χ1v) is 11.1. The van der Waals surface area contributed by atoms with Gasteiger partial charge in [0.25, 0.3) is 11.8 Å². The minimum atomic E-state index is -0.0748. The molecule has 4 aromatic heterocycles. The lowest BCUT2D eigenvalue weighted by Crippen LogP contribution is -2.29. The van der Waals surface area contributed by atoms with Gasteiger partial charge < -0.3 is 19.2 Å². The van der Waals surface area contributed by atoms with Crippen LogP contribution in [0.1, 0.15) is 42.9 Å². The Hall–Kier alpha value is -3.39. The monoisotopic (exact) mass is 433 g/mol. The van der Waals surface area contributed by atoms with Gasteiger partial charge in [-0.1, -0.05) is 0 Å². The van der Waals surface area contributed by atoms with Gasteiger partial charge in [0.05, 0.1) is 4.88 Å². The summed E-state index contributed by atoms with van der Waals surface area (Å²) in [7, 11) is 1.89. The molecule has 0 aliphatic carbocycles. The molecule has 0 bridgehead atoms. The average Bonchev–Trinajstić information content (AvgIpc) is 3.57. The summed E-state index contributed by atoms with van der Waals surface area (Å²) in [4.78, 5) is 33.4. The number of aromatic nitrogens is 3. The van der Waals surface area contributed by atoms with Crippen LogP contribution in [-0.2, 0) is 13.6 Å². The zero-order valence-corrected chi connectivity index (χ0v) is 18.0. The summed E-state index contributed by atoms with van der Waals surface area (Å²) in [6, 6.07) is 11.6. The highest BCUT2D eigenvalue weighted by atomic mass is 32.1. The molecule has 0 saturated carbocycles. The molecular weight excluding hydrogens is 410 g/mol. The molecule has 1 fully saturated rings. The van der Waals surface area contributed by atoms with Crippen LogP contribution in [0.3, 0.4) is 0 Å². The maximum atomic E-state index is 12.7. The standard InChI is InChI=1S/C23H23N5O2S/c1-26-9-2-3-18(26)23(30)28-11-7-17(15-28)19-4-5-20(31-19)22(29)25-14-16-6-10-27-12-8-24-21(27)13-16/h2-6,8-10,12-13,17H,7,11,14-15H2,1H3,(H,25,29). The van der Waals surface area contributed by atoms with E-state index in [0.29, 0.717) is 23.7 Å². The van der Waals surface area contributed by atoms with Gasteiger partial charge in [-0.2, -0.15) is 0 Å². The van der Waals surface area contributed by atoms with Crippen LogP contribution in [0.2, 0.25) is 0 Å². The lowest BCUT2D eigenvalue weighted by atomic mass is 10.1. The van der Waals surface area contributed by atoms with E-state index in [4.69, 9.17) is 0 Å². The summed E-state index contributed by atoms with van der Waals surface area (Å²) < 4.78 is 3.79. The van der Waals surface area contributed by atoms with Crippen molar-refractivity contribution >= 4 is 28.8 Å². The van der Waals surface area contributed by atoms with Crippen molar-refractivity contribution in [2.75, 3.05) is 13.1 Å². The highest BCUT2D eigenvalue weighted by molar-refractivity contribution is 7.14. The van der Waals surface area contributed by atoms with Crippen molar-refractivity contribution in [3.63, 3.8) is 0 Å². The number of aryl methyl sites for hydroxylation is 1. The Morgan fingerprint density at radius 1 is 1.19 bits per heavy atom. The number of hydrogen-bond acceptors (Lipinski definition) is 4. The van der Waals surface area contributed by atoms with Crippen LogP contribution in [0.5, 0.6) is 0 Å². The second kappa shape index (κ2) is 8.03. The fourth-order valence-corrected chi connectivity index (χ4v) is 5.10. The Morgan fingerprint density at radius 3 is 2.94 bits per heavy atom. The van der Waals surface area contributed by atoms with E-state index in [9.17, 15) is 9.59 Å². The highest BCUT2D eigenvalue weighted by Gasteiger charge is 2.30. The fourth-order valence-electron chi connectivity index (χ4n) is 4.05. The summed E-state index contributed by atoms with van der Waals surface area (Å²) in [5.74, 6) is 0.270. The number of fused-ring (bicyclic) bond motifs is 1. The minimum Gasteiger partial charge on any atom is -0.347 e. The van der Waals surface area contributed by atoms with E-state index in [1.54, 1.807) is 6.20 Å². The van der Waals surface area contributed by atoms with Gasteiger partial charge in [-0.05, 0) is 48.4 Å². The van der Waals surface area contributed by atoms with Crippen molar-refractivity contribution in [2.24, 2.45) is 7.05 Å². The molecule has 7 nitrogen and oxygen atoms in total. The van der Waals surface area contributed by atoms with Gasteiger partial charge in [0, 0.05) is 62.3 Å². The minimum absolute atomic E-state index is 0.0685. The molecule has 1 N–H and O–H groups in total. The molecule has 0 aromatic carbocycles. The predicted molar refractivity (Wildman–Crippen MR) is 119 cm³/mol. The van der Waals surface area contributed by atoms with Crippen LogP contribution in [0, 0.1) is 0 Å². The molecular formula is C23H23N5O2S. The molecule has 8 heteroatoms. The molecule has 0 spiro atoms. The fraction of sp³-hybridized carbons (Fsp3) is 0.261. The molecule has 31 heavy (non-hydrogen) atoms. The van der Waals surface area contributed by atoms with Crippen LogP contribution >= 0.6 is 11.3 Å². The molecule has 1 saturated heterocycles.